The molecule has 1 atom stereocenters. The molecular weight excluding hydrogens is 538 g/mol. The Hall–Kier alpha value is -4.39. The van der Waals surface area contributed by atoms with Gasteiger partial charge in [0.15, 0.2) is 0 Å². The Morgan fingerprint density at radius 2 is 1.53 bits per heavy atom. The van der Waals surface area contributed by atoms with Crippen LogP contribution in [0.25, 0.3) is 22.6 Å². The molecule has 1 heterocycles. The number of unbranched alkanes of at least 4 members (excludes halogenated alkanes) is 4. The standard InChI is InChI=1S/C36H43N3O4/c1-5-6-7-8-9-22-43-30-20-16-26(17-21-30)32-24-37-33(38-32)27-12-10-25(11-13-27)23-31(35(41)42)39-34(40)28-14-18-29(19-15-28)36(2,3)4/h10-21,24,31H,5-9,22-23H2,1-4H3,(H,37,38)(H,39,40)(H,41,42)/t31-/m0/s1. The first-order valence-corrected chi connectivity index (χ1v) is 15.2. The van der Waals surface area contributed by atoms with Gasteiger partial charge < -0.3 is 20.1 Å². The molecule has 1 aromatic heterocycles. The molecule has 0 bridgehead atoms. The number of carbonyl (C=O) groups excluding carboxylic acids is 1. The number of carboxylic acid groups (broad SMARTS) is 1. The summed E-state index contributed by atoms with van der Waals surface area (Å²) in [5.74, 6) is 0.0908. The van der Waals surface area contributed by atoms with E-state index in [-0.39, 0.29) is 11.8 Å². The number of carbonyl (C=O) groups is 2. The summed E-state index contributed by atoms with van der Waals surface area (Å²) in [6, 6.07) is 21.7. The number of ether oxygens (including phenoxy) is 1. The van der Waals surface area contributed by atoms with E-state index in [0.29, 0.717) is 5.56 Å². The van der Waals surface area contributed by atoms with Crippen molar-refractivity contribution in [2.24, 2.45) is 0 Å². The smallest absolute Gasteiger partial charge is 0.326 e. The quantitative estimate of drug-likeness (QED) is 0.132. The third kappa shape index (κ3) is 9.05. The van der Waals surface area contributed by atoms with Gasteiger partial charge in [-0.15, -0.1) is 0 Å². The molecule has 0 radical (unpaired) electrons. The molecule has 43 heavy (non-hydrogen) atoms. The highest BCUT2D eigenvalue weighted by molar-refractivity contribution is 5.96. The van der Waals surface area contributed by atoms with E-state index < -0.39 is 17.9 Å². The van der Waals surface area contributed by atoms with Crippen LogP contribution in [0.4, 0.5) is 0 Å². The van der Waals surface area contributed by atoms with E-state index in [2.05, 4.69) is 38.0 Å². The highest BCUT2D eigenvalue weighted by Gasteiger charge is 2.22. The van der Waals surface area contributed by atoms with Gasteiger partial charge in [-0.1, -0.05) is 89.8 Å². The molecule has 0 unspecified atom stereocenters. The molecule has 4 rings (SSSR count). The fourth-order valence-electron chi connectivity index (χ4n) is 4.83. The summed E-state index contributed by atoms with van der Waals surface area (Å²) < 4.78 is 5.88. The molecule has 0 fully saturated rings. The van der Waals surface area contributed by atoms with Crippen molar-refractivity contribution in [3.05, 3.63) is 95.7 Å². The molecule has 0 aliphatic rings. The zero-order valence-electron chi connectivity index (χ0n) is 25.7. The van der Waals surface area contributed by atoms with Crippen LogP contribution in [0.3, 0.4) is 0 Å². The lowest BCUT2D eigenvalue weighted by atomic mass is 9.86. The first-order chi connectivity index (χ1) is 20.6. The number of aromatic nitrogens is 2. The van der Waals surface area contributed by atoms with Crippen LogP contribution >= 0.6 is 0 Å². The summed E-state index contributed by atoms with van der Waals surface area (Å²) in [4.78, 5) is 32.7. The number of hydrogen-bond acceptors (Lipinski definition) is 4. The number of H-pyrrole nitrogens is 1. The van der Waals surface area contributed by atoms with E-state index in [0.717, 1.165) is 52.5 Å². The predicted octanol–water partition coefficient (Wildman–Crippen LogP) is 7.82. The molecule has 3 aromatic carbocycles. The number of amides is 1. The number of carboxylic acids is 1. The molecule has 0 aliphatic heterocycles. The van der Waals surface area contributed by atoms with Gasteiger partial charge in [-0.3, -0.25) is 4.79 Å². The summed E-state index contributed by atoms with van der Waals surface area (Å²) in [7, 11) is 0. The van der Waals surface area contributed by atoms with E-state index >= 15 is 0 Å². The van der Waals surface area contributed by atoms with E-state index in [1.54, 1.807) is 12.1 Å². The topological polar surface area (TPSA) is 104 Å². The van der Waals surface area contributed by atoms with Crippen LogP contribution in [0.15, 0.2) is 79.0 Å². The average Bonchev–Trinajstić information content (AvgIpc) is 3.49. The Morgan fingerprint density at radius 1 is 0.884 bits per heavy atom. The summed E-state index contributed by atoms with van der Waals surface area (Å²) in [5.41, 5.74) is 5.00. The van der Waals surface area contributed by atoms with Crippen molar-refractivity contribution >= 4 is 11.9 Å². The summed E-state index contributed by atoms with van der Waals surface area (Å²) in [6.07, 6.45) is 8.09. The molecule has 1 amide bonds. The van der Waals surface area contributed by atoms with Crippen molar-refractivity contribution < 1.29 is 19.4 Å². The zero-order chi connectivity index (χ0) is 30.8. The highest BCUT2D eigenvalue weighted by atomic mass is 16.5. The van der Waals surface area contributed by atoms with E-state index in [1.807, 2.05) is 66.9 Å². The fraction of sp³-hybridized carbons (Fsp3) is 0.361. The zero-order valence-corrected chi connectivity index (χ0v) is 25.7. The number of rotatable bonds is 14. The number of imidazole rings is 1. The lowest BCUT2D eigenvalue weighted by molar-refractivity contribution is -0.139. The molecule has 0 saturated heterocycles. The van der Waals surface area contributed by atoms with Crippen LogP contribution in [0.1, 0.15) is 81.3 Å². The van der Waals surface area contributed by atoms with Crippen molar-refractivity contribution in [2.75, 3.05) is 6.61 Å². The minimum atomic E-state index is -1.08. The number of hydrogen-bond donors (Lipinski definition) is 3. The first-order valence-electron chi connectivity index (χ1n) is 15.2. The van der Waals surface area contributed by atoms with Crippen LogP contribution in [-0.2, 0) is 16.6 Å². The van der Waals surface area contributed by atoms with Gasteiger partial charge in [0.2, 0.25) is 0 Å². The van der Waals surface area contributed by atoms with E-state index in [9.17, 15) is 14.7 Å². The van der Waals surface area contributed by atoms with Crippen LogP contribution < -0.4 is 10.1 Å². The van der Waals surface area contributed by atoms with Gasteiger partial charge in [0.1, 0.15) is 17.6 Å². The van der Waals surface area contributed by atoms with Gasteiger partial charge in [-0.2, -0.15) is 0 Å². The van der Waals surface area contributed by atoms with Crippen molar-refractivity contribution in [3.8, 4) is 28.4 Å². The Bertz CT molecular complexity index is 1470. The molecular formula is C36H43N3O4. The van der Waals surface area contributed by atoms with Crippen LogP contribution in [0.5, 0.6) is 5.75 Å². The van der Waals surface area contributed by atoms with Crippen molar-refractivity contribution in [1.29, 1.82) is 0 Å². The van der Waals surface area contributed by atoms with Crippen LogP contribution in [0, 0.1) is 0 Å². The number of aromatic amines is 1. The molecule has 4 aromatic rings. The molecule has 0 aliphatic carbocycles. The fourth-order valence-corrected chi connectivity index (χ4v) is 4.83. The molecule has 3 N–H and O–H groups in total. The number of benzene rings is 3. The average molecular weight is 582 g/mol. The molecule has 0 saturated carbocycles. The minimum absolute atomic E-state index is 0.0320. The molecule has 0 spiro atoms. The maximum atomic E-state index is 12.8. The predicted molar refractivity (Wildman–Crippen MR) is 171 cm³/mol. The minimum Gasteiger partial charge on any atom is -0.494 e. The van der Waals surface area contributed by atoms with Gasteiger partial charge in [0.05, 0.1) is 12.3 Å². The third-order valence-electron chi connectivity index (χ3n) is 7.53. The monoisotopic (exact) mass is 581 g/mol. The summed E-state index contributed by atoms with van der Waals surface area (Å²) in [6.45, 7) is 9.25. The second kappa shape index (κ2) is 14.7. The Balaban J connectivity index is 1.33. The summed E-state index contributed by atoms with van der Waals surface area (Å²) >= 11 is 0. The maximum Gasteiger partial charge on any atom is 0.326 e. The summed E-state index contributed by atoms with van der Waals surface area (Å²) in [5, 5.41) is 12.5. The van der Waals surface area contributed by atoms with Gasteiger partial charge in [-0.25, -0.2) is 9.78 Å². The Kier molecular flexibility index (Phi) is 10.8. The van der Waals surface area contributed by atoms with Crippen molar-refractivity contribution in [2.45, 2.75) is 77.7 Å². The van der Waals surface area contributed by atoms with Gasteiger partial charge >= 0.3 is 5.97 Å². The number of nitrogens with zero attached hydrogens (tertiary/aromatic N) is 1. The van der Waals surface area contributed by atoms with Crippen molar-refractivity contribution in [1.82, 2.24) is 15.3 Å². The van der Waals surface area contributed by atoms with Gasteiger partial charge in [0, 0.05) is 29.3 Å². The number of aliphatic carboxylic acids is 1. The van der Waals surface area contributed by atoms with Crippen LogP contribution in [-0.4, -0.2) is 39.6 Å². The lowest BCUT2D eigenvalue weighted by Crippen LogP contribution is -2.42. The van der Waals surface area contributed by atoms with Crippen molar-refractivity contribution in [3.63, 3.8) is 0 Å². The van der Waals surface area contributed by atoms with E-state index in [4.69, 9.17) is 9.72 Å². The van der Waals surface area contributed by atoms with E-state index in [1.165, 1.54) is 25.7 Å². The second-order valence-electron chi connectivity index (χ2n) is 12.0. The normalized spacial score (nSPS) is 12.1. The number of nitrogens with one attached hydrogen (secondary N) is 2. The molecule has 7 heteroatoms. The largest absolute Gasteiger partial charge is 0.494 e. The van der Waals surface area contributed by atoms with Gasteiger partial charge in [0.25, 0.3) is 5.91 Å². The first kappa shape index (κ1) is 31.5. The van der Waals surface area contributed by atoms with Crippen LogP contribution in [0.2, 0.25) is 0 Å². The maximum absolute atomic E-state index is 12.8. The Labute approximate surface area is 254 Å². The molecule has 7 nitrogen and oxygen atoms in total. The Morgan fingerprint density at radius 3 is 2.16 bits per heavy atom. The highest BCUT2D eigenvalue weighted by Crippen LogP contribution is 2.25. The SMILES string of the molecule is CCCCCCCOc1ccc(-c2c[nH]c(-c3ccc(C[C@H](NC(=O)c4ccc(C(C)(C)C)cc4)C(=O)O)cc3)n2)cc1. The lowest BCUT2D eigenvalue weighted by Gasteiger charge is -2.19. The third-order valence-corrected chi connectivity index (χ3v) is 7.53. The second-order valence-corrected chi connectivity index (χ2v) is 12.0. The van der Waals surface area contributed by atoms with Gasteiger partial charge in [-0.05, 0) is 59.4 Å². The molecule has 226 valence electrons.